The number of nitrogens with zero attached hydrogens (tertiary/aromatic N) is 1. The lowest BCUT2D eigenvalue weighted by molar-refractivity contribution is -0.137. The molecular formula is C14H21N3O4. The highest BCUT2D eigenvalue weighted by atomic mass is 16.4. The fourth-order valence-corrected chi connectivity index (χ4v) is 1.72. The Bertz CT molecular complexity index is 543. The molecule has 0 aromatic carbocycles. The third-order valence-electron chi connectivity index (χ3n) is 2.61. The molecule has 3 N–H and O–H groups in total. The van der Waals surface area contributed by atoms with Gasteiger partial charge in [-0.1, -0.05) is 0 Å². The van der Waals surface area contributed by atoms with Gasteiger partial charge in [-0.3, -0.25) is 14.4 Å². The molecule has 1 unspecified atom stereocenters. The average molecular weight is 295 g/mol. The number of carboxylic acids is 1. The molecule has 0 aliphatic rings. The maximum atomic E-state index is 12.1. The van der Waals surface area contributed by atoms with Crippen LogP contribution in [0.5, 0.6) is 0 Å². The summed E-state index contributed by atoms with van der Waals surface area (Å²) in [4.78, 5) is 34.7. The van der Waals surface area contributed by atoms with Crippen LogP contribution in [0.2, 0.25) is 0 Å². The minimum absolute atomic E-state index is 0.202. The number of nitrogens with one attached hydrogen (secondary N) is 2. The first-order chi connectivity index (χ1) is 9.60. The predicted octanol–water partition coefficient (Wildman–Crippen LogP) is 0.606. The van der Waals surface area contributed by atoms with Crippen LogP contribution in [-0.2, 0) is 16.1 Å². The molecule has 0 bridgehead atoms. The van der Waals surface area contributed by atoms with Gasteiger partial charge in [-0.05, 0) is 39.8 Å². The summed E-state index contributed by atoms with van der Waals surface area (Å²) >= 11 is 0. The third kappa shape index (κ3) is 5.29. The smallest absolute Gasteiger partial charge is 0.323 e. The second-order valence-corrected chi connectivity index (χ2v) is 5.85. The first-order valence-corrected chi connectivity index (χ1v) is 6.60. The van der Waals surface area contributed by atoms with Crippen LogP contribution in [0.1, 0.15) is 38.2 Å². The number of hydrogen-bond donors (Lipinski definition) is 3. The molecule has 0 radical (unpaired) electrons. The third-order valence-corrected chi connectivity index (χ3v) is 2.61. The van der Waals surface area contributed by atoms with E-state index in [1.807, 2.05) is 20.8 Å². The number of carbonyl (C=O) groups is 3. The van der Waals surface area contributed by atoms with Crippen LogP contribution in [0.25, 0.3) is 0 Å². The van der Waals surface area contributed by atoms with E-state index < -0.39 is 17.9 Å². The largest absolute Gasteiger partial charge is 0.480 e. The molecule has 21 heavy (non-hydrogen) atoms. The highest BCUT2D eigenvalue weighted by Crippen LogP contribution is 2.04. The van der Waals surface area contributed by atoms with Gasteiger partial charge in [0.05, 0.1) is 0 Å². The number of amides is 2. The summed E-state index contributed by atoms with van der Waals surface area (Å²) in [7, 11) is 0. The zero-order chi connectivity index (χ0) is 16.2. The van der Waals surface area contributed by atoms with Crippen molar-refractivity contribution in [2.24, 2.45) is 0 Å². The normalized spacial score (nSPS) is 12.6. The molecule has 116 valence electrons. The number of carboxylic acid groups (broad SMARTS) is 1. The van der Waals surface area contributed by atoms with E-state index in [0.29, 0.717) is 0 Å². The maximum Gasteiger partial charge on any atom is 0.323 e. The second kappa shape index (κ2) is 6.43. The summed E-state index contributed by atoms with van der Waals surface area (Å²) < 4.78 is 1.31. The lowest BCUT2D eigenvalue weighted by Crippen LogP contribution is -2.51. The summed E-state index contributed by atoms with van der Waals surface area (Å²) in [5, 5.41) is 14.1. The van der Waals surface area contributed by atoms with Crippen LogP contribution in [0, 0.1) is 0 Å². The molecule has 7 nitrogen and oxygen atoms in total. The van der Waals surface area contributed by atoms with Crippen LogP contribution >= 0.6 is 0 Å². The van der Waals surface area contributed by atoms with Gasteiger partial charge in [-0.15, -0.1) is 0 Å². The van der Waals surface area contributed by atoms with Gasteiger partial charge in [0.2, 0.25) is 5.91 Å². The van der Waals surface area contributed by atoms with Gasteiger partial charge >= 0.3 is 5.97 Å². The molecule has 1 rings (SSSR count). The quantitative estimate of drug-likeness (QED) is 0.740. The van der Waals surface area contributed by atoms with Gasteiger partial charge in [-0.2, -0.15) is 0 Å². The van der Waals surface area contributed by atoms with E-state index in [0.717, 1.165) is 0 Å². The lowest BCUT2D eigenvalue weighted by atomic mass is 10.1. The van der Waals surface area contributed by atoms with E-state index in [4.69, 9.17) is 5.11 Å². The molecule has 2 amide bonds. The van der Waals surface area contributed by atoms with Crippen LogP contribution in [0.4, 0.5) is 0 Å². The summed E-state index contributed by atoms with van der Waals surface area (Å²) in [6.45, 7) is 6.80. The summed E-state index contributed by atoms with van der Waals surface area (Å²) in [5.41, 5.74) is -0.188. The summed E-state index contributed by atoms with van der Waals surface area (Å²) in [6.07, 6.45) is 1.50. The van der Waals surface area contributed by atoms with Crippen molar-refractivity contribution in [2.45, 2.75) is 45.8 Å². The van der Waals surface area contributed by atoms with Crippen molar-refractivity contribution >= 4 is 17.8 Å². The zero-order valence-corrected chi connectivity index (χ0v) is 12.6. The van der Waals surface area contributed by atoms with Crippen molar-refractivity contribution in [3.8, 4) is 0 Å². The molecule has 0 spiro atoms. The Morgan fingerprint density at radius 2 is 1.95 bits per heavy atom. The Labute approximate surface area is 123 Å². The molecule has 1 aromatic heterocycles. The van der Waals surface area contributed by atoms with Crippen molar-refractivity contribution in [2.75, 3.05) is 0 Å². The van der Waals surface area contributed by atoms with Crippen LogP contribution < -0.4 is 10.6 Å². The molecule has 0 saturated carbocycles. The van der Waals surface area contributed by atoms with E-state index in [1.165, 1.54) is 16.8 Å². The summed E-state index contributed by atoms with van der Waals surface area (Å²) in [6, 6.07) is 2.37. The first kappa shape index (κ1) is 16.7. The number of carbonyl (C=O) groups excluding carboxylic acids is 2. The number of aliphatic carboxylic acids is 1. The molecule has 1 heterocycles. The van der Waals surface area contributed by atoms with Gasteiger partial charge in [0.1, 0.15) is 18.3 Å². The van der Waals surface area contributed by atoms with E-state index in [9.17, 15) is 14.4 Å². The van der Waals surface area contributed by atoms with Crippen LogP contribution in [-0.4, -0.2) is 39.0 Å². The fourth-order valence-electron chi connectivity index (χ4n) is 1.72. The van der Waals surface area contributed by atoms with Crippen molar-refractivity contribution in [3.63, 3.8) is 0 Å². The fraction of sp³-hybridized carbons (Fsp3) is 0.500. The Morgan fingerprint density at radius 3 is 2.48 bits per heavy atom. The van der Waals surface area contributed by atoms with Crippen molar-refractivity contribution < 1.29 is 19.5 Å². The minimum atomic E-state index is -1.04. The molecule has 0 fully saturated rings. The van der Waals surface area contributed by atoms with E-state index in [2.05, 4.69) is 10.6 Å². The number of hydrogen-bond acceptors (Lipinski definition) is 3. The van der Waals surface area contributed by atoms with Crippen molar-refractivity contribution in [1.82, 2.24) is 15.2 Å². The highest BCUT2D eigenvalue weighted by molar-refractivity contribution is 5.96. The highest BCUT2D eigenvalue weighted by Gasteiger charge is 2.22. The molecular weight excluding hydrogens is 274 g/mol. The average Bonchev–Trinajstić information content (AvgIpc) is 2.73. The Kier molecular flexibility index (Phi) is 5.12. The van der Waals surface area contributed by atoms with Gasteiger partial charge in [-0.25, -0.2) is 0 Å². The van der Waals surface area contributed by atoms with E-state index in [1.54, 1.807) is 13.0 Å². The zero-order valence-electron chi connectivity index (χ0n) is 12.6. The van der Waals surface area contributed by atoms with Gasteiger partial charge in [0.25, 0.3) is 5.91 Å². The molecule has 1 atom stereocenters. The van der Waals surface area contributed by atoms with Gasteiger partial charge in [0, 0.05) is 11.7 Å². The molecule has 0 saturated heterocycles. The summed E-state index contributed by atoms with van der Waals surface area (Å²) in [5.74, 6) is -1.83. The minimum Gasteiger partial charge on any atom is -0.480 e. The topological polar surface area (TPSA) is 100 Å². The number of aromatic nitrogens is 1. The standard InChI is InChI=1S/C14H21N3O4/c1-9(12(20)16-14(2,3)4)15-13(21)10-6-5-7-17(10)8-11(18)19/h5-7,9H,8H2,1-4H3,(H,15,21)(H,16,20)(H,18,19). The molecule has 7 heteroatoms. The monoisotopic (exact) mass is 295 g/mol. The lowest BCUT2D eigenvalue weighted by Gasteiger charge is -2.23. The number of rotatable bonds is 5. The first-order valence-electron chi connectivity index (χ1n) is 6.60. The second-order valence-electron chi connectivity index (χ2n) is 5.85. The Morgan fingerprint density at radius 1 is 1.33 bits per heavy atom. The molecule has 1 aromatic rings. The predicted molar refractivity (Wildman–Crippen MR) is 76.9 cm³/mol. The molecule has 0 aliphatic heterocycles. The van der Waals surface area contributed by atoms with E-state index >= 15 is 0 Å². The van der Waals surface area contributed by atoms with Gasteiger partial charge in [0.15, 0.2) is 0 Å². The molecule has 0 aliphatic carbocycles. The van der Waals surface area contributed by atoms with Crippen molar-refractivity contribution in [1.29, 1.82) is 0 Å². The van der Waals surface area contributed by atoms with Crippen molar-refractivity contribution in [3.05, 3.63) is 24.0 Å². The Balaban J connectivity index is 2.71. The SMILES string of the molecule is CC(NC(=O)c1cccn1CC(=O)O)C(=O)NC(C)(C)C. The van der Waals surface area contributed by atoms with Crippen LogP contribution in [0.3, 0.4) is 0 Å². The van der Waals surface area contributed by atoms with Crippen LogP contribution in [0.15, 0.2) is 18.3 Å². The Hall–Kier alpha value is -2.31. The van der Waals surface area contributed by atoms with E-state index in [-0.39, 0.29) is 23.7 Å². The maximum absolute atomic E-state index is 12.1. The van der Waals surface area contributed by atoms with Gasteiger partial charge < -0.3 is 20.3 Å².